The number of hydrogen-bond donors (Lipinski definition) is 0. The smallest absolute Gasteiger partial charge is 0.207 e. The summed E-state index contributed by atoms with van der Waals surface area (Å²) in [6.45, 7) is 3.72. The predicted octanol–water partition coefficient (Wildman–Crippen LogP) is 3.32. The zero-order chi connectivity index (χ0) is 13.2. The maximum absolute atomic E-state index is 12.3. The first-order valence-corrected chi connectivity index (χ1v) is 6.09. The molecule has 3 nitrogen and oxygen atoms in total. The summed E-state index contributed by atoms with van der Waals surface area (Å²) in [6.07, 6.45) is 1.37. The quantitative estimate of drug-likeness (QED) is 0.767. The lowest BCUT2D eigenvalue weighted by atomic mass is 9.94. The minimum Gasteiger partial charge on any atom is -0.467 e. The number of carbonyl (C=O) groups excluding carboxylic acids is 1. The largest absolute Gasteiger partial charge is 0.467 e. The van der Waals surface area contributed by atoms with Gasteiger partial charge in [-0.25, -0.2) is 0 Å². The van der Waals surface area contributed by atoms with Crippen LogP contribution in [-0.4, -0.2) is 18.7 Å². The first kappa shape index (κ1) is 12.8. The van der Waals surface area contributed by atoms with Crippen molar-refractivity contribution in [3.05, 3.63) is 47.2 Å². The topological polar surface area (TPSA) is 35.5 Å². The normalized spacial score (nSPS) is 23.7. The molecule has 96 valence electrons. The Kier molecular flexibility index (Phi) is 3.53. The lowest BCUT2D eigenvalue weighted by molar-refractivity contribution is -0.195. The average Bonchev–Trinajstić information content (AvgIpc) is 2.39. The highest BCUT2D eigenvalue weighted by molar-refractivity contribution is 6.09. The molecule has 1 unspecified atom stereocenters. The zero-order valence-electron chi connectivity index (χ0n) is 11.0. The van der Waals surface area contributed by atoms with Crippen molar-refractivity contribution in [3.63, 3.8) is 0 Å². The molecule has 0 aliphatic carbocycles. The molecule has 0 aromatic heterocycles. The van der Waals surface area contributed by atoms with E-state index in [0.29, 0.717) is 24.2 Å². The molecule has 1 atom stereocenters. The van der Waals surface area contributed by atoms with Crippen LogP contribution in [0, 0.1) is 0 Å². The standard InChI is InChI=1S/C15H18O3/c1-11-13(9-10-15(2,17-3)18-11)14(16)12-7-5-4-6-8-12/h4-8H,9-10H2,1-3H3. The molecule has 1 heterocycles. The van der Waals surface area contributed by atoms with Crippen LogP contribution in [0.1, 0.15) is 37.0 Å². The molecule has 0 spiro atoms. The summed E-state index contributed by atoms with van der Waals surface area (Å²) >= 11 is 0. The van der Waals surface area contributed by atoms with E-state index in [9.17, 15) is 4.79 Å². The summed E-state index contributed by atoms with van der Waals surface area (Å²) in [4.78, 5) is 12.3. The van der Waals surface area contributed by atoms with Crippen LogP contribution in [0.2, 0.25) is 0 Å². The molecule has 1 aromatic carbocycles. The van der Waals surface area contributed by atoms with Gasteiger partial charge in [0.25, 0.3) is 0 Å². The molecule has 18 heavy (non-hydrogen) atoms. The van der Waals surface area contributed by atoms with Crippen LogP contribution in [0.4, 0.5) is 0 Å². The van der Waals surface area contributed by atoms with E-state index in [0.717, 1.165) is 5.57 Å². The number of methoxy groups -OCH3 is 1. The third kappa shape index (κ3) is 2.46. The average molecular weight is 246 g/mol. The Bertz CT molecular complexity index is 476. The van der Waals surface area contributed by atoms with Crippen LogP contribution in [0.5, 0.6) is 0 Å². The van der Waals surface area contributed by atoms with Gasteiger partial charge >= 0.3 is 0 Å². The Morgan fingerprint density at radius 3 is 2.56 bits per heavy atom. The maximum Gasteiger partial charge on any atom is 0.207 e. The Morgan fingerprint density at radius 1 is 1.33 bits per heavy atom. The molecule has 0 N–H and O–H groups in total. The maximum atomic E-state index is 12.3. The fraction of sp³-hybridized carbons (Fsp3) is 0.400. The van der Waals surface area contributed by atoms with Crippen molar-refractivity contribution in [2.24, 2.45) is 0 Å². The van der Waals surface area contributed by atoms with Crippen LogP contribution >= 0.6 is 0 Å². The summed E-state index contributed by atoms with van der Waals surface area (Å²) in [6, 6.07) is 9.29. The van der Waals surface area contributed by atoms with Crippen LogP contribution in [0.3, 0.4) is 0 Å². The molecular formula is C15H18O3. The summed E-state index contributed by atoms with van der Waals surface area (Å²) in [7, 11) is 1.62. The van der Waals surface area contributed by atoms with Gasteiger partial charge in [-0.1, -0.05) is 30.3 Å². The van der Waals surface area contributed by atoms with Gasteiger partial charge in [0.2, 0.25) is 5.79 Å². The fourth-order valence-electron chi connectivity index (χ4n) is 2.15. The van der Waals surface area contributed by atoms with Crippen molar-refractivity contribution in [3.8, 4) is 0 Å². The van der Waals surface area contributed by atoms with Gasteiger partial charge in [-0.05, 0) is 13.3 Å². The fourth-order valence-corrected chi connectivity index (χ4v) is 2.15. The molecule has 2 rings (SSSR count). The molecule has 1 aromatic rings. The molecule has 0 bridgehead atoms. The molecule has 0 fully saturated rings. The van der Waals surface area contributed by atoms with E-state index in [1.807, 2.05) is 44.2 Å². The highest BCUT2D eigenvalue weighted by atomic mass is 16.7. The van der Waals surface area contributed by atoms with Crippen molar-refractivity contribution in [1.29, 1.82) is 0 Å². The van der Waals surface area contributed by atoms with Crippen LogP contribution in [0.25, 0.3) is 0 Å². The third-order valence-electron chi connectivity index (χ3n) is 3.36. The van der Waals surface area contributed by atoms with Crippen LogP contribution in [0.15, 0.2) is 41.7 Å². The summed E-state index contributed by atoms with van der Waals surface area (Å²) < 4.78 is 11.0. The molecule has 0 radical (unpaired) electrons. The Balaban J connectivity index is 2.25. The molecule has 1 aliphatic heterocycles. The van der Waals surface area contributed by atoms with Gasteiger partial charge in [0, 0.05) is 31.6 Å². The third-order valence-corrected chi connectivity index (χ3v) is 3.36. The van der Waals surface area contributed by atoms with Gasteiger partial charge in [0.15, 0.2) is 5.78 Å². The van der Waals surface area contributed by atoms with Gasteiger partial charge in [-0.2, -0.15) is 0 Å². The minimum absolute atomic E-state index is 0.0475. The second kappa shape index (κ2) is 4.94. The van der Waals surface area contributed by atoms with Gasteiger partial charge in [-0.3, -0.25) is 4.79 Å². The first-order chi connectivity index (χ1) is 8.56. The van der Waals surface area contributed by atoms with E-state index in [2.05, 4.69) is 0 Å². The number of Topliss-reactive ketones (excluding diaryl/α,β-unsaturated/α-hetero) is 1. The minimum atomic E-state index is -0.607. The summed E-state index contributed by atoms with van der Waals surface area (Å²) in [5.74, 6) is 0.107. The van der Waals surface area contributed by atoms with Crippen molar-refractivity contribution < 1.29 is 14.3 Å². The zero-order valence-corrected chi connectivity index (χ0v) is 11.0. The lowest BCUT2D eigenvalue weighted by Crippen LogP contribution is -2.34. The molecule has 0 saturated carbocycles. The summed E-state index contributed by atoms with van der Waals surface area (Å²) in [5.41, 5.74) is 1.45. The van der Waals surface area contributed by atoms with E-state index >= 15 is 0 Å². The molecular weight excluding hydrogens is 228 g/mol. The highest BCUT2D eigenvalue weighted by Gasteiger charge is 2.33. The van der Waals surface area contributed by atoms with Gasteiger partial charge in [-0.15, -0.1) is 0 Å². The van der Waals surface area contributed by atoms with E-state index in [-0.39, 0.29) is 5.78 Å². The number of ketones is 1. The molecule has 0 amide bonds. The predicted molar refractivity (Wildman–Crippen MR) is 69.2 cm³/mol. The van der Waals surface area contributed by atoms with Crippen molar-refractivity contribution in [2.45, 2.75) is 32.5 Å². The second-order valence-electron chi connectivity index (χ2n) is 4.67. The number of rotatable bonds is 3. The van der Waals surface area contributed by atoms with E-state index in [1.165, 1.54) is 0 Å². The molecule has 3 heteroatoms. The first-order valence-electron chi connectivity index (χ1n) is 6.09. The highest BCUT2D eigenvalue weighted by Crippen LogP contribution is 2.33. The molecule has 0 saturated heterocycles. The SMILES string of the molecule is COC1(C)CCC(C(=O)c2ccccc2)=C(C)O1. The van der Waals surface area contributed by atoms with Gasteiger partial charge < -0.3 is 9.47 Å². The van der Waals surface area contributed by atoms with E-state index < -0.39 is 5.79 Å². The van der Waals surface area contributed by atoms with Crippen molar-refractivity contribution in [2.75, 3.05) is 7.11 Å². The number of benzene rings is 1. The summed E-state index contributed by atoms with van der Waals surface area (Å²) in [5, 5.41) is 0. The lowest BCUT2D eigenvalue weighted by Gasteiger charge is -2.34. The van der Waals surface area contributed by atoms with Crippen LogP contribution < -0.4 is 0 Å². The Labute approximate surface area is 107 Å². The van der Waals surface area contributed by atoms with E-state index in [4.69, 9.17) is 9.47 Å². The van der Waals surface area contributed by atoms with Gasteiger partial charge in [0.05, 0.1) is 0 Å². The van der Waals surface area contributed by atoms with E-state index in [1.54, 1.807) is 7.11 Å². The van der Waals surface area contributed by atoms with Crippen molar-refractivity contribution >= 4 is 5.78 Å². The second-order valence-corrected chi connectivity index (χ2v) is 4.67. The van der Waals surface area contributed by atoms with Crippen LogP contribution in [-0.2, 0) is 9.47 Å². The number of ether oxygens (including phenoxy) is 2. The number of carbonyl (C=O) groups is 1. The number of hydrogen-bond acceptors (Lipinski definition) is 3. The monoisotopic (exact) mass is 246 g/mol. The number of allylic oxidation sites excluding steroid dienone is 2. The molecule has 1 aliphatic rings. The van der Waals surface area contributed by atoms with Gasteiger partial charge in [0.1, 0.15) is 5.76 Å². The Morgan fingerprint density at radius 2 is 2.00 bits per heavy atom. The Hall–Kier alpha value is -1.61. The van der Waals surface area contributed by atoms with Crippen molar-refractivity contribution in [1.82, 2.24) is 0 Å².